The van der Waals surface area contributed by atoms with Gasteiger partial charge in [0.25, 0.3) is 0 Å². The lowest BCUT2D eigenvalue weighted by Gasteiger charge is -2.33. The highest BCUT2D eigenvalue weighted by Crippen LogP contribution is 2.14. The zero-order valence-corrected chi connectivity index (χ0v) is 17.7. The maximum absolute atomic E-state index is 10.7. The van der Waals surface area contributed by atoms with Crippen molar-refractivity contribution in [2.75, 3.05) is 52.5 Å². The summed E-state index contributed by atoms with van der Waals surface area (Å²) in [6.45, 7) is 13.4. The van der Waals surface area contributed by atoms with Gasteiger partial charge in [-0.25, -0.2) is 0 Å². The Morgan fingerprint density at radius 3 is 2.79 bits per heavy atom. The second-order valence-electron chi connectivity index (χ2n) is 7.71. The van der Waals surface area contributed by atoms with Gasteiger partial charge >= 0.3 is 0 Å². The fraction of sp³-hybridized carbons (Fsp3) is 0.667. The molecule has 158 valence electrons. The molecule has 1 heterocycles. The van der Waals surface area contributed by atoms with Gasteiger partial charge in [0, 0.05) is 26.2 Å². The highest BCUT2D eigenvalue weighted by Gasteiger charge is 2.25. The van der Waals surface area contributed by atoms with Crippen molar-refractivity contribution in [3.05, 3.63) is 29.8 Å². The summed E-state index contributed by atoms with van der Waals surface area (Å²) in [5, 5.41) is 17.2. The van der Waals surface area contributed by atoms with Crippen LogP contribution in [-0.2, 0) is 4.74 Å². The van der Waals surface area contributed by atoms with E-state index in [1.807, 2.05) is 39.0 Å². The first-order valence-corrected chi connectivity index (χ1v) is 10.2. The molecule has 2 atom stereocenters. The molecule has 28 heavy (non-hydrogen) atoms. The molecule has 1 aliphatic heterocycles. The second kappa shape index (κ2) is 11.2. The average molecular weight is 393 g/mol. The van der Waals surface area contributed by atoms with Crippen molar-refractivity contribution < 1.29 is 14.6 Å². The van der Waals surface area contributed by atoms with E-state index in [9.17, 15) is 5.11 Å². The zero-order valence-electron chi connectivity index (χ0n) is 17.7. The summed E-state index contributed by atoms with van der Waals surface area (Å²) < 4.78 is 11.3. The van der Waals surface area contributed by atoms with Gasteiger partial charge in [0.2, 0.25) is 0 Å². The number of morpholine rings is 1. The number of nitrogens with zero attached hydrogens (tertiary/aromatic N) is 2. The minimum atomic E-state index is -0.886. The van der Waals surface area contributed by atoms with Crippen LogP contribution in [0.5, 0.6) is 5.75 Å². The summed E-state index contributed by atoms with van der Waals surface area (Å²) >= 11 is 0. The van der Waals surface area contributed by atoms with Gasteiger partial charge in [0.05, 0.1) is 31.9 Å². The molecule has 1 aliphatic rings. The number of hydrogen-bond acceptors (Lipinski definition) is 5. The van der Waals surface area contributed by atoms with E-state index >= 15 is 0 Å². The summed E-state index contributed by atoms with van der Waals surface area (Å²) in [4.78, 5) is 6.79. The van der Waals surface area contributed by atoms with Gasteiger partial charge in [-0.05, 0) is 45.4 Å². The largest absolute Gasteiger partial charge is 0.489 e. The number of rotatable bonds is 9. The third-order valence-electron chi connectivity index (χ3n) is 4.47. The van der Waals surface area contributed by atoms with Crippen LogP contribution in [0.4, 0.5) is 0 Å². The van der Waals surface area contributed by atoms with Crippen molar-refractivity contribution in [1.82, 2.24) is 15.5 Å². The van der Waals surface area contributed by atoms with Crippen molar-refractivity contribution in [2.45, 2.75) is 39.4 Å². The lowest BCUT2D eigenvalue weighted by atomic mass is 10.1. The summed E-state index contributed by atoms with van der Waals surface area (Å²) in [7, 11) is 0. The van der Waals surface area contributed by atoms with Gasteiger partial charge in [0.15, 0.2) is 5.96 Å². The highest BCUT2D eigenvalue weighted by atomic mass is 16.5. The smallest absolute Gasteiger partial charge is 0.191 e. The molecule has 1 aromatic rings. The van der Waals surface area contributed by atoms with Crippen LogP contribution in [0.1, 0.15) is 26.3 Å². The molecule has 1 aromatic carbocycles. The quantitative estimate of drug-likeness (QED) is 0.436. The van der Waals surface area contributed by atoms with Gasteiger partial charge in [-0.1, -0.05) is 12.1 Å². The molecule has 0 spiro atoms. The first-order chi connectivity index (χ1) is 13.4. The van der Waals surface area contributed by atoms with Crippen LogP contribution < -0.4 is 15.4 Å². The van der Waals surface area contributed by atoms with Crippen LogP contribution in [0, 0.1) is 6.92 Å². The summed E-state index contributed by atoms with van der Waals surface area (Å²) in [5.74, 6) is 1.55. The molecule has 3 N–H and O–H groups in total. The number of ether oxygens (including phenoxy) is 2. The zero-order chi connectivity index (χ0) is 20.4. The lowest BCUT2D eigenvalue weighted by molar-refractivity contribution is -0.0180. The molecular formula is C21H36N4O3. The number of aliphatic hydroxyl groups is 1. The Balaban J connectivity index is 1.83. The van der Waals surface area contributed by atoms with Crippen molar-refractivity contribution in [3.8, 4) is 5.75 Å². The summed E-state index contributed by atoms with van der Waals surface area (Å²) in [6, 6.07) is 8.03. The molecule has 2 rings (SSSR count). The summed E-state index contributed by atoms with van der Waals surface area (Å²) in [6.07, 6.45) is -0.0143. The van der Waals surface area contributed by atoms with E-state index in [1.165, 1.54) is 5.56 Å². The third-order valence-corrected chi connectivity index (χ3v) is 4.47. The minimum Gasteiger partial charge on any atom is -0.489 e. The summed E-state index contributed by atoms with van der Waals surface area (Å²) in [5.41, 5.74) is 0.290. The number of aryl methyl sites for hydroxylation is 1. The predicted octanol–water partition coefficient (Wildman–Crippen LogP) is 1.40. The van der Waals surface area contributed by atoms with Gasteiger partial charge in [0.1, 0.15) is 11.9 Å². The maximum Gasteiger partial charge on any atom is 0.191 e. The van der Waals surface area contributed by atoms with E-state index in [0.29, 0.717) is 25.6 Å². The number of nitrogens with one attached hydrogen (secondary N) is 2. The third kappa shape index (κ3) is 8.46. The van der Waals surface area contributed by atoms with Crippen LogP contribution >= 0.6 is 0 Å². The topological polar surface area (TPSA) is 78.4 Å². The van der Waals surface area contributed by atoms with E-state index in [2.05, 4.69) is 33.5 Å². The van der Waals surface area contributed by atoms with E-state index in [4.69, 9.17) is 9.47 Å². The predicted molar refractivity (Wildman–Crippen MR) is 113 cm³/mol. The Kier molecular flexibility index (Phi) is 9.02. The van der Waals surface area contributed by atoms with Crippen LogP contribution in [-0.4, -0.2) is 80.2 Å². The lowest BCUT2D eigenvalue weighted by Crippen LogP contribution is -2.48. The monoisotopic (exact) mass is 392 g/mol. The Morgan fingerprint density at radius 1 is 1.36 bits per heavy atom. The van der Waals surface area contributed by atoms with Crippen LogP contribution in [0.25, 0.3) is 0 Å². The van der Waals surface area contributed by atoms with E-state index in [1.54, 1.807) is 0 Å². The van der Waals surface area contributed by atoms with E-state index < -0.39 is 5.60 Å². The molecule has 0 aliphatic carbocycles. The fourth-order valence-corrected chi connectivity index (χ4v) is 3.09. The first kappa shape index (κ1) is 22.5. The number of β-amino-alcohol motifs (C(OH)–C–C–N with tert-alkyl or cyclic N) is 1. The maximum atomic E-state index is 10.7. The molecular weight excluding hydrogens is 356 g/mol. The SMILES string of the molecule is CCNC(=NCC(C)(O)CN1CCOCC1)NCC(C)Oc1cccc(C)c1. The molecule has 1 fully saturated rings. The number of hydrogen-bond donors (Lipinski definition) is 3. The number of guanidine groups is 1. The molecule has 7 heteroatoms. The molecule has 0 aromatic heterocycles. The van der Waals surface area contributed by atoms with Crippen molar-refractivity contribution in [3.63, 3.8) is 0 Å². The number of benzene rings is 1. The Hall–Kier alpha value is -1.83. The normalized spacial score (nSPS) is 19.0. The van der Waals surface area contributed by atoms with Crippen molar-refractivity contribution in [2.24, 2.45) is 4.99 Å². The van der Waals surface area contributed by atoms with Gasteiger partial charge in [-0.15, -0.1) is 0 Å². The molecule has 0 amide bonds. The van der Waals surface area contributed by atoms with E-state index in [0.717, 1.165) is 38.6 Å². The second-order valence-corrected chi connectivity index (χ2v) is 7.71. The van der Waals surface area contributed by atoms with Crippen LogP contribution in [0.15, 0.2) is 29.3 Å². The Bertz CT molecular complexity index is 615. The molecule has 1 saturated heterocycles. The molecule has 0 saturated carbocycles. The molecule has 0 radical (unpaired) electrons. The van der Waals surface area contributed by atoms with Gasteiger partial charge in [-0.2, -0.15) is 0 Å². The molecule has 2 unspecified atom stereocenters. The average Bonchev–Trinajstić information content (AvgIpc) is 2.64. The molecule has 0 bridgehead atoms. The van der Waals surface area contributed by atoms with Gasteiger partial charge < -0.3 is 25.2 Å². The van der Waals surface area contributed by atoms with Gasteiger partial charge in [-0.3, -0.25) is 9.89 Å². The van der Waals surface area contributed by atoms with Crippen LogP contribution in [0.2, 0.25) is 0 Å². The highest BCUT2D eigenvalue weighted by molar-refractivity contribution is 5.79. The molecule has 7 nitrogen and oxygen atoms in total. The van der Waals surface area contributed by atoms with E-state index in [-0.39, 0.29) is 6.10 Å². The standard InChI is InChI=1S/C21H36N4O3/c1-5-22-20(23-14-18(3)28-19-8-6-7-17(2)13-19)24-15-21(4,26)16-25-9-11-27-12-10-25/h6-8,13,18,26H,5,9-12,14-16H2,1-4H3,(H2,22,23,24). The minimum absolute atomic E-state index is 0.0143. The fourth-order valence-electron chi connectivity index (χ4n) is 3.09. The Labute approximate surface area is 169 Å². The van der Waals surface area contributed by atoms with Crippen molar-refractivity contribution >= 4 is 5.96 Å². The first-order valence-electron chi connectivity index (χ1n) is 10.2. The van der Waals surface area contributed by atoms with Crippen LogP contribution in [0.3, 0.4) is 0 Å². The number of aliphatic imine (C=N–C) groups is 1. The van der Waals surface area contributed by atoms with Crippen molar-refractivity contribution in [1.29, 1.82) is 0 Å². The Morgan fingerprint density at radius 2 is 2.11 bits per heavy atom.